The average molecular weight is 249 g/mol. The first-order chi connectivity index (χ1) is 8.61. The van der Waals surface area contributed by atoms with E-state index in [1.54, 1.807) is 12.1 Å². The molecule has 0 aromatic carbocycles. The van der Waals surface area contributed by atoms with Gasteiger partial charge in [0.1, 0.15) is 18.2 Å². The monoisotopic (exact) mass is 249 g/mol. The molecule has 7 heteroatoms. The van der Waals surface area contributed by atoms with Crippen molar-refractivity contribution in [1.82, 2.24) is 19.8 Å². The summed E-state index contributed by atoms with van der Waals surface area (Å²) in [6, 6.07) is 2.77. The fraction of sp³-hybridized carbons (Fsp3) is 0.455. The number of fused-ring (bicyclic) bond motifs is 1. The summed E-state index contributed by atoms with van der Waals surface area (Å²) < 4.78 is 1.50. The van der Waals surface area contributed by atoms with Crippen molar-refractivity contribution >= 4 is 17.4 Å². The van der Waals surface area contributed by atoms with Crippen molar-refractivity contribution in [3.8, 4) is 0 Å². The zero-order valence-corrected chi connectivity index (χ0v) is 10.2. The molecule has 0 bridgehead atoms. The predicted octanol–water partition coefficient (Wildman–Crippen LogP) is 1.04. The number of aliphatic carboxylic acids is 1. The Balaban J connectivity index is 2.22. The van der Waals surface area contributed by atoms with Crippen molar-refractivity contribution < 1.29 is 9.90 Å². The maximum atomic E-state index is 11.2. The van der Waals surface area contributed by atoms with Crippen LogP contribution in [0.5, 0.6) is 0 Å². The van der Waals surface area contributed by atoms with Gasteiger partial charge in [0.05, 0.1) is 0 Å². The molecule has 0 saturated heterocycles. The molecule has 2 aromatic rings. The predicted molar refractivity (Wildman–Crippen MR) is 65.3 cm³/mol. The number of nitrogens with zero attached hydrogens (tertiary/aromatic N) is 4. The van der Waals surface area contributed by atoms with Gasteiger partial charge >= 0.3 is 5.97 Å². The Morgan fingerprint density at radius 1 is 1.56 bits per heavy atom. The quantitative estimate of drug-likeness (QED) is 0.822. The summed E-state index contributed by atoms with van der Waals surface area (Å²) >= 11 is 0. The van der Waals surface area contributed by atoms with E-state index in [-0.39, 0.29) is 5.92 Å². The molecule has 0 fully saturated rings. The Kier molecular flexibility index (Phi) is 3.40. The van der Waals surface area contributed by atoms with Crippen LogP contribution in [-0.4, -0.2) is 36.9 Å². The van der Waals surface area contributed by atoms with Crippen LogP contribution < -0.4 is 5.32 Å². The molecule has 0 saturated carbocycles. The lowest BCUT2D eigenvalue weighted by Crippen LogP contribution is -2.35. The van der Waals surface area contributed by atoms with Gasteiger partial charge in [0, 0.05) is 0 Å². The van der Waals surface area contributed by atoms with Crippen LogP contribution in [0.2, 0.25) is 0 Å². The van der Waals surface area contributed by atoms with Crippen LogP contribution in [0.1, 0.15) is 20.3 Å². The molecular formula is C11H15N5O2. The van der Waals surface area contributed by atoms with Gasteiger partial charge < -0.3 is 10.4 Å². The number of aromatic nitrogens is 4. The van der Waals surface area contributed by atoms with Gasteiger partial charge in [0.25, 0.3) is 0 Å². The second-order valence-corrected chi connectivity index (χ2v) is 4.20. The van der Waals surface area contributed by atoms with Crippen LogP contribution in [0.4, 0.5) is 5.82 Å². The Hall–Kier alpha value is -2.18. The first kappa shape index (κ1) is 12.3. The number of carboxylic acid groups (broad SMARTS) is 1. The molecular weight excluding hydrogens is 234 g/mol. The summed E-state index contributed by atoms with van der Waals surface area (Å²) in [5.41, 5.74) is 0.621. The maximum absolute atomic E-state index is 11.2. The van der Waals surface area contributed by atoms with E-state index in [1.165, 1.54) is 10.8 Å². The minimum atomic E-state index is -0.880. The molecule has 18 heavy (non-hydrogen) atoms. The van der Waals surface area contributed by atoms with Gasteiger partial charge in [0.2, 0.25) is 0 Å². The van der Waals surface area contributed by atoms with E-state index in [2.05, 4.69) is 20.6 Å². The third-order valence-corrected chi connectivity index (χ3v) is 2.94. The highest BCUT2D eigenvalue weighted by Gasteiger charge is 2.23. The highest BCUT2D eigenvalue weighted by molar-refractivity contribution is 5.77. The van der Waals surface area contributed by atoms with Gasteiger partial charge in [-0.1, -0.05) is 20.3 Å². The molecule has 2 heterocycles. The number of hydrogen-bond donors (Lipinski definition) is 2. The van der Waals surface area contributed by atoms with E-state index in [1.807, 2.05) is 13.8 Å². The van der Waals surface area contributed by atoms with Crippen LogP contribution in [0.15, 0.2) is 18.5 Å². The van der Waals surface area contributed by atoms with Gasteiger partial charge in [-0.05, 0) is 18.1 Å². The molecule has 2 atom stereocenters. The molecule has 2 rings (SSSR count). The highest BCUT2D eigenvalue weighted by atomic mass is 16.4. The second kappa shape index (κ2) is 4.99. The first-order valence-corrected chi connectivity index (χ1v) is 5.78. The standard InChI is InChI=1S/C11H15N5O2/c1-3-7(2)10(11(17)18)13-8-4-5-9-14-12-6-16(9)15-8/h4-7,10H,3H2,1-2H3,(H,13,15)(H,17,18)/t7-,10-/m0/s1. The molecule has 7 nitrogen and oxygen atoms in total. The molecule has 0 spiro atoms. The lowest BCUT2D eigenvalue weighted by atomic mass is 9.99. The van der Waals surface area contributed by atoms with E-state index in [4.69, 9.17) is 0 Å². The van der Waals surface area contributed by atoms with Crippen LogP contribution in [0.3, 0.4) is 0 Å². The number of nitrogens with one attached hydrogen (secondary N) is 1. The summed E-state index contributed by atoms with van der Waals surface area (Å²) in [6.45, 7) is 3.85. The van der Waals surface area contributed by atoms with Gasteiger partial charge in [-0.15, -0.1) is 15.3 Å². The molecule has 0 unspecified atom stereocenters. The normalized spacial score (nSPS) is 14.3. The molecule has 0 aliphatic heterocycles. The van der Waals surface area contributed by atoms with Crippen molar-refractivity contribution in [3.63, 3.8) is 0 Å². The lowest BCUT2D eigenvalue weighted by Gasteiger charge is -2.20. The number of anilines is 1. The molecule has 0 aliphatic carbocycles. The van der Waals surface area contributed by atoms with Crippen molar-refractivity contribution in [3.05, 3.63) is 18.5 Å². The summed E-state index contributed by atoms with van der Waals surface area (Å²) in [6.07, 6.45) is 2.25. The van der Waals surface area contributed by atoms with Crippen LogP contribution >= 0.6 is 0 Å². The maximum Gasteiger partial charge on any atom is 0.326 e. The lowest BCUT2D eigenvalue weighted by molar-refractivity contribution is -0.139. The Morgan fingerprint density at radius 2 is 2.33 bits per heavy atom. The number of rotatable bonds is 5. The zero-order valence-electron chi connectivity index (χ0n) is 10.2. The molecule has 0 amide bonds. The van der Waals surface area contributed by atoms with E-state index >= 15 is 0 Å². The third-order valence-electron chi connectivity index (χ3n) is 2.94. The van der Waals surface area contributed by atoms with Crippen LogP contribution in [-0.2, 0) is 4.79 Å². The van der Waals surface area contributed by atoms with Crippen LogP contribution in [0.25, 0.3) is 5.65 Å². The first-order valence-electron chi connectivity index (χ1n) is 5.78. The molecule has 0 aliphatic rings. The Labute approximate surface area is 104 Å². The summed E-state index contributed by atoms with van der Waals surface area (Å²) in [5.74, 6) is -0.370. The number of carboxylic acids is 1. The average Bonchev–Trinajstić information content (AvgIpc) is 2.82. The smallest absolute Gasteiger partial charge is 0.326 e. The second-order valence-electron chi connectivity index (χ2n) is 4.20. The van der Waals surface area contributed by atoms with Crippen molar-refractivity contribution in [2.24, 2.45) is 5.92 Å². The Bertz CT molecular complexity index is 553. The molecule has 2 aromatic heterocycles. The topological polar surface area (TPSA) is 92.4 Å². The van der Waals surface area contributed by atoms with E-state index in [0.717, 1.165) is 6.42 Å². The highest BCUT2D eigenvalue weighted by Crippen LogP contribution is 2.14. The van der Waals surface area contributed by atoms with Gasteiger partial charge in [0.15, 0.2) is 5.65 Å². The van der Waals surface area contributed by atoms with E-state index < -0.39 is 12.0 Å². The number of carbonyl (C=O) groups is 1. The summed E-state index contributed by atoms with van der Waals surface area (Å²) in [7, 11) is 0. The van der Waals surface area contributed by atoms with Gasteiger partial charge in [-0.25, -0.2) is 4.79 Å². The fourth-order valence-electron chi connectivity index (χ4n) is 1.65. The SMILES string of the molecule is CC[C@H](C)[C@H](Nc1ccc2nncn2n1)C(=O)O. The largest absolute Gasteiger partial charge is 0.480 e. The van der Waals surface area contributed by atoms with Gasteiger partial charge in [-0.3, -0.25) is 0 Å². The van der Waals surface area contributed by atoms with Gasteiger partial charge in [-0.2, -0.15) is 4.52 Å². The van der Waals surface area contributed by atoms with E-state index in [9.17, 15) is 9.90 Å². The minimum Gasteiger partial charge on any atom is -0.480 e. The molecule has 96 valence electrons. The third kappa shape index (κ3) is 2.39. The molecule has 2 N–H and O–H groups in total. The zero-order chi connectivity index (χ0) is 13.1. The van der Waals surface area contributed by atoms with E-state index in [0.29, 0.717) is 11.5 Å². The van der Waals surface area contributed by atoms with Crippen molar-refractivity contribution in [2.75, 3.05) is 5.32 Å². The summed E-state index contributed by atoms with van der Waals surface area (Å²) in [5, 5.41) is 23.8. The van der Waals surface area contributed by atoms with Crippen LogP contribution in [0, 0.1) is 5.92 Å². The van der Waals surface area contributed by atoms with Crippen molar-refractivity contribution in [1.29, 1.82) is 0 Å². The Morgan fingerprint density at radius 3 is 3.00 bits per heavy atom. The minimum absolute atomic E-state index is 0.0147. The number of hydrogen-bond acceptors (Lipinski definition) is 5. The van der Waals surface area contributed by atoms with Crippen molar-refractivity contribution in [2.45, 2.75) is 26.3 Å². The summed E-state index contributed by atoms with van der Waals surface area (Å²) in [4.78, 5) is 11.2. The molecule has 0 radical (unpaired) electrons. The fourth-order valence-corrected chi connectivity index (χ4v) is 1.65.